The van der Waals surface area contributed by atoms with E-state index in [1.54, 1.807) is 11.0 Å². The number of cyclic esters (lactones) is 1. The Balaban J connectivity index is 1.07. The van der Waals surface area contributed by atoms with Gasteiger partial charge in [0.2, 0.25) is 5.91 Å². The highest BCUT2D eigenvalue weighted by Crippen LogP contribution is 2.37. The van der Waals surface area contributed by atoms with Gasteiger partial charge in [-0.15, -0.1) is 0 Å². The summed E-state index contributed by atoms with van der Waals surface area (Å²) in [6, 6.07) is 19.2. The Morgan fingerprint density at radius 2 is 1.69 bits per heavy atom. The van der Waals surface area contributed by atoms with E-state index in [1.165, 1.54) is 0 Å². The molecule has 0 radical (unpaired) electrons. The molecule has 0 spiro atoms. The van der Waals surface area contributed by atoms with Crippen molar-refractivity contribution >= 4 is 29.2 Å². The van der Waals surface area contributed by atoms with Gasteiger partial charge in [0.05, 0.1) is 12.2 Å². The third kappa shape index (κ3) is 3.95. The fourth-order valence-electron chi connectivity index (χ4n) is 5.56. The first-order valence-corrected chi connectivity index (χ1v) is 12.3. The molecule has 0 bridgehead atoms. The van der Waals surface area contributed by atoms with Crippen molar-refractivity contribution in [1.82, 2.24) is 4.90 Å². The average Bonchev–Trinajstić information content (AvgIpc) is 3.16. The lowest BCUT2D eigenvalue weighted by molar-refractivity contribution is -0.117. The smallest absolute Gasteiger partial charge is 0.414 e. The molecule has 3 aromatic carbocycles. The Hall–Kier alpha value is -3.97. The summed E-state index contributed by atoms with van der Waals surface area (Å²) < 4.78 is 5.43. The van der Waals surface area contributed by atoms with Crippen molar-refractivity contribution in [2.45, 2.75) is 32.4 Å². The summed E-state index contributed by atoms with van der Waals surface area (Å²) >= 11 is 0. The van der Waals surface area contributed by atoms with Gasteiger partial charge in [0.1, 0.15) is 6.61 Å². The van der Waals surface area contributed by atoms with E-state index in [4.69, 9.17) is 4.74 Å². The fourth-order valence-corrected chi connectivity index (χ4v) is 5.56. The number of carbonyl (C=O) groups is 3. The van der Waals surface area contributed by atoms with Crippen molar-refractivity contribution in [3.63, 3.8) is 0 Å². The van der Waals surface area contributed by atoms with Crippen LogP contribution in [0.25, 0.3) is 11.1 Å². The lowest BCUT2D eigenvalue weighted by Crippen LogP contribution is -2.50. The normalized spacial score (nSPS) is 17.3. The summed E-state index contributed by atoms with van der Waals surface area (Å²) in [6.45, 7) is 4.02. The number of ether oxygens (including phenoxy) is 1. The number of nitrogens with zero attached hydrogens (tertiary/aromatic N) is 2. The molecule has 7 heteroatoms. The monoisotopic (exact) mass is 481 g/mol. The molecule has 1 aliphatic carbocycles. The molecular weight excluding hydrogens is 454 g/mol. The Morgan fingerprint density at radius 1 is 0.944 bits per heavy atom. The predicted octanol–water partition coefficient (Wildman–Crippen LogP) is 4.77. The SMILES string of the molecule is Cc1ccc2c(c1)COC(=O)N2C1CCN(CC(=O)Nc2ccc3c(c2)C(=O)c2ccccc2-3)CC1. The molecule has 3 aromatic rings. The van der Waals surface area contributed by atoms with Gasteiger partial charge in [0.15, 0.2) is 5.78 Å². The van der Waals surface area contributed by atoms with Crippen LogP contribution in [0.15, 0.2) is 60.7 Å². The average molecular weight is 482 g/mol. The number of fused-ring (bicyclic) bond motifs is 4. The van der Waals surface area contributed by atoms with Crippen molar-refractivity contribution in [2.24, 2.45) is 0 Å². The zero-order chi connectivity index (χ0) is 24.8. The number of aryl methyl sites for hydroxylation is 1. The molecule has 6 rings (SSSR count). The molecule has 36 heavy (non-hydrogen) atoms. The van der Waals surface area contributed by atoms with E-state index in [2.05, 4.69) is 16.3 Å². The summed E-state index contributed by atoms with van der Waals surface area (Å²) in [4.78, 5) is 42.0. The van der Waals surface area contributed by atoms with Crippen LogP contribution in [0, 0.1) is 6.92 Å². The van der Waals surface area contributed by atoms with Crippen LogP contribution in [0.1, 0.15) is 39.9 Å². The number of nitrogens with one attached hydrogen (secondary N) is 1. The second-order valence-electron chi connectivity index (χ2n) is 9.75. The van der Waals surface area contributed by atoms with Crippen molar-refractivity contribution in [1.29, 1.82) is 0 Å². The lowest BCUT2D eigenvalue weighted by Gasteiger charge is -2.40. The van der Waals surface area contributed by atoms with Gasteiger partial charge in [0, 0.05) is 41.5 Å². The maximum atomic E-state index is 12.8. The van der Waals surface area contributed by atoms with Gasteiger partial charge >= 0.3 is 6.09 Å². The van der Waals surface area contributed by atoms with Gasteiger partial charge in [-0.25, -0.2) is 4.79 Å². The molecule has 2 heterocycles. The van der Waals surface area contributed by atoms with Crippen LogP contribution in [0.4, 0.5) is 16.2 Å². The van der Waals surface area contributed by atoms with E-state index < -0.39 is 0 Å². The third-order valence-corrected chi connectivity index (χ3v) is 7.34. The molecule has 0 aromatic heterocycles. The summed E-state index contributed by atoms with van der Waals surface area (Å²) in [5.41, 5.74) is 6.90. The van der Waals surface area contributed by atoms with Gasteiger partial charge in [-0.1, -0.05) is 48.0 Å². The number of anilines is 2. The predicted molar refractivity (Wildman–Crippen MR) is 137 cm³/mol. The number of ketones is 1. The minimum Gasteiger partial charge on any atom is -0.444 e. The van der Waals surface area contributed by atoms with E-state index in [-0.39, 0.29) is 30.4 Å². The zero-order valence-electron chi connectivity index (χ0n) is 20.1. The first-order valence-electron chi connectivity index (χ1n) is 12.3. The first kappa shape index (κ1) is 22.5. The number of rotatable bonds is 4. The quantitative estimate of drug-likeness (QED) is 0.454. The van der Waals surface area contributed by atoms with E-state index >= 15 is 0 Å². The summed E-state index contributed by atoms with van der Waals surface area (Å²) in [6.07, 6.45) is 1.23. The van der Waals surface area contributed by atoms with Crippen LogP contribution in [0.3, 0.4) is 0 Å². The van der Waals surface area contributed by atoms with Crippen LogP contribution in [-0.2, 0) is 16.1 Å². The molecule has 0 saturated carbocycles. The summed E-state index contributed by atoms with van der Waals surface area (Å²) in [7, 11) is 0. The number of benzene rings is 3. The van der Waals surface area contributed by atoms with Gasteiger partial charge in [-0.3, -0.25) is 19.4 Å². The maximum Gasteiger partial charge on any atom is 0.414 e. The van der Waals surface area contributed by atoms with Crippen molar-refractivity contribution in [3.8, 4) is 11.1 Å². The Bertz CT molecular complexity index is 1390. The van der Waals surface area contributed by atoms with Crippen LogP contribution in [0.5, 0.6) is 0 Å². The minimum absolute atomic E-state index is 0.00764. The van der Waals surface area contributed by atoms with E-state index in [0.717, 1.165) is 40.8 Å². The Kier molecular flexibility index (Phi) is 5.57. The highest BCUT2D eigenvalue weighted by atomic mass is 16.6. The molecule has 7 nitrogen and oxygen atoms in total. The van der Waals surface area contributed by atoms with Gasteiger partial charge in [-0.2, -0.15) is 0 Å². The summed E-state index contributed by atoms with van der Waals surface area (Å²) in [5, 5.41) is 2.95. The fraction of sp³-hybridized carbons (Fsp3) is 0.276. The summed E-state index contributed by atoms with van der Waals surface area (Å²) in [5.74, 6) is -0.124. The molecule has 182 valence electrons. The van der Waals surface area contributed by atoms with Crippen molar-refractivity contribution in [2.75, 3.05) is 29.9 Å². The number of amides is 2. The van der Waals surface area contributed by atoms with Crippen molar-refractivity contribution < 1.29 is 19.1 Å². The van der Waals surface area contributed by atoms with E-state index in [0.29, 0.717) is 36.5 Å². The highest BCUT2D eigenvalue weighted by Gasteiger charge is 2.34. The number of piperidine rings is 1. The molecule has 0 atom stereocenters. The molecule has 3 aliphatic rings. The molecule has 1 fully saturated rings. The van der Waals surface area contributed by atoms with Crippen LogP contribution >= 0.6 is 0 Å². The van der Waals surface area contributed by atoms with Gasteiger partial charge in [0.25, 0.3) is 0 Å². The molecular formula is C29H27N3O4. The minimum atomic E-state index is -0.296. The number of likely N-dealkylation sites (tertiary alicyclic amines) is 1. The third-order valence-electron chi connectivity index (χ3n) is 7.34. The van der Waals surface area contributed by atoms with Crippen LogP contribution in [-0.4, -0.2) is 48.4 Å². The molecule has 1 saturated heterocycles. The van der Waals surface area contributed by atoms with Crippen LogP contribution < -0.4 is 10.2 Å². The number of carbonyl (C=O) groups excluding carboxylic acids is 3. The second kappa shape index (κ2) is 8.91. The standard InChI is InChI=1S/C29H27N3O4/c1-18-6-9-26-19(14-18)17-36-29(35)32(26)21-10-12-31(13-11-21)16-27(33)30-20-7-8-23-22-4-2-3-5-24(22)28(34)25(23)15-20/h2-9,14-15,21H,10-13,16-17H2,1H3,(H,30,33). The number of hydrogen-bond acceptors (Lipinski definition) is 5. The van der Waals surface area contributed by atoms with E-state index in [1.807, 2.05) is 55.5 Å². The van der Waals surface area contributed by atoms with Crippen LogP contribution in [0.2, 0.25) is 0 Å². The lowest BCUT2D eigenvalue weighted by atomic mass is 10.00. The van der Waals surface area contributed by atoms with Gasteiger partial charge < -0.3 is 10.1 Å². The van der Waals surface area contributed by atoms with E-state index in [9.17, 15) is 14.4 Å². The maximum absolute atomic E-state index is 12.8. The zero-order valence-corrected chi connectivity index (χ0v) is 20.1. The topological polar surface area (TPSA) is 79.0 Å². The van der Waals surface area contributed by atoms with Gasteiger partial charge in [-0.05, 0) is 49.1 Å². The molecule has 2 amide bonds. The molecule has 2 aliphatic heterocycles. The second-order valence-corrected chi connectivity index (χ2v) is 9.75. The Morgan fingerprint density at radius 3 is 2.50 bits per heavy atom. The molecule has 1 N–H and O–H groups in total. The Labute approximate surface area is 209 Å². The highest BCUT2D eigenvalue weighted by molar-refractivity contribution is 6.22. The number of hydrogen-bond donors (Lipinski definition) is 1. The molecule has 0 unspecified atom stereocenters. The van der Waals surface area contributed by atoms with Crippen molar-refractivity contribution in [3.05, 3.63) is 82.9 Å². The largest absolute Gasteiger partial charge is 0.444 e. The first-order chi connectivity index (χ1) is 17.5.